The molecule has 126 valence electrons. The molecule has 0 unspecified atom stereocenters. The fourth-order valence-electron chi connectivity index (χ4n) is 2.06. The van der Waals surface area contributed by atoms with Gasteiger partial charge in [-0.25, -0.2) is 4.79 Å². The molecule has 1 fully saturated rings. The van der Waals surface area contributed by atoms with Gasteiger partial charge in [-0.1, -0.05) is 0 Å². The molecule has 1 heterocycles. The molecular weight excluding hydrogens is 314 g/mol. The predicted octanol–water partition coefficient (Wildman–Crippen LogP) is -1.45. The summed E-state index contributed by atoms with van der Waals surface area (Å²) in [6.07, 6.45) is -7.76. The molecule has 0 aromatic heterocycles. The van der Waals surface area contributed by atoms with Crippen LogP contribution >= 0.6 is 0 Å². The maximum atomic E-state index is 11.9. The van der Waals surface area contributed by atoms with Gasteiger partial charge in [0.2, 0.25) is 6.29 Å². The second-order valence-electron chi connectivity index (χ2n) is 4.91. The summed E-state index contributed by atoms with van der Waals surface area (Å²) in [6.45, 7) is -0.656. The fourth-order valence-corrected chi connectivity index (χ4v) is 2.06. The van der Waals surface area contributed by atoms with Crippen molar-refractivity contribution in [1.82, 2.24) is 0 Å². The van der Waals surface area contributed by atoms with Crippen molar-refractivity contribution in [1.29, 1.82) is 0 Å². The van der Waals surface area contributed by atoms with E-state index in [-0.39, 0.29) is 11.3 Å². The minimum absolute atomic E-state index is 0.0347. The van der Waals surface area contributed by atoms with E-state index < -0.39 is 48.2 Å². The molecule has 0 saturated carbocycles. The van der Waals surface area contributed by atoms with E-state index in [9.17, 15) is 30.2 Å². The van der Waals surface area contributed by atoms with Crippen molar-refractivity contribution in [2.45, 2.75) is 30.7 Å². The molecule has 23 heavy (non-hydrogen) atoms. The van der Waals surface area contributed by atoms with Crippen LogP contribution in [0.4, 0.5) is 5.69 Å². The van der Waals surface area contributed by atoms with Crippen molar-refractivity contribution in [3.05, 3.63) is 39.9 Å². The summed E-state index contributed by atoms with van der Waals surface area (Å²) < 4.78 is 9.90. The van der Waals surface area contributed by atoms with Crippen LogP contribution in [0.2, 0.25) is 0 Å². The van der Waals surface area contributed by atoms with Gasteiger partial charge in [0.1, 0.15) is 24.4 Å². The van der Waals surface area contributed by atoms with Gasteiger partial charge in [0.25, 0.3) is 5.69 Å². The molecule has 5 atom stereocenters. The van der Waals surface area contributed by atoms with Gasteiger partial charge in [-0.05, 0) is 12.1 Å². The lowest BCUT2D eigenvalue weighted by molar-refractivity contribution is -0.384. The highest BCUT2D eigenvalue weighted by Crippen LogP contribution is 2.23. The Morgan fingerprint density at radius 1 is 1.17 bits per heavy atom. The number of benzene rings is 1. The second kappa shape index (κ2) is 6.98. The SMILES string of the molecule is O=C(O[C@@H]1O[C@H](CO)[C@@H](O)[C@H](O)[C@@H]1O)c1ccc([N+](=O)[O-])cc1. The number of ether oxygens (including phenoxy) is 2. The summed E-state index contributed by atoms with van der Waals surface area (Å²) in [4.78, 5) is 21.8. The lowest BCUT2D eigenvalue weighted by atomic mass is 9.99. The summed E-state index contributed by atoms with van der Waals surface area (Å²) in [6, 6.07) is 4.52. The van der Waals surface area contributed by atoms with Gasteiger partial charge in [-0.2, -0.15) is 0 Å². The van der Waals surface area contributed by atoms with Crippen LogP contribution in [-0.4, -0.2) is 68.6 Å². The molecule has 1 aromatic rings. The van der Waals surface area contributed by atoms with Gasteiger partial charge in [0.05, 0.1) is 17.1 Å². The lowest BCUT2D eigenvalue weighted by Gasteiger charge is -2.39. The van der Waals surface area contributed by atoms with Crippen molar-refractivity contribution in [3.8, 4) is 0 Å². The Labute approximate surface area is 129 Å². The highest BCUT2D eigenvalue weighted by atomic mass is 16.7. The molecule has 10 nitrogen and oxygen atoms in total. The van der Waals surface area contributed by atoms with Gasteiger partial charge in [-0.3, -0.25) is 10.1 Å². The number of carbonyl (C=O) groups is 1. The number of nitro benzene ring substituents is 1. The Balaban J connectivity index is 2.08. The number of aliphatic hydroxyl groups excluding tert-OH is 4. The van der Waals surface area contributed by atoms with Crippen LogP contribution in [0.3, 0.4) is 0 Å². The molecule has 2 rings (SSSR count). The number of aliphatic hydroxyl groups is 4. The number of carbonyl (C=O) groups excluding carboxylic acids is 1. The van der Waals surface area contributed by atoms with Gasteiger partial charge in [0.15, 0.2) is 0 Å². The smallest absolute Gasteiger partial charge is 0.340 e. The molecule has 1 saturated heterocycles. The molecule has 0 spiro atoms. The van der Waals surface area contributed by atoms with E-state index in [2.05, 4.69) is 0 Å². The third kappa shape index (κ3) is 3.63. The zero-order valence-electron chi connectivity index (χ0n) is 11.7. The summed E-state index contributed by atoms with van der Waals surface area (Å²) in [7, 11) is 0. The monoisotopic (exact) mass is 329 g/mol. The molecule has 0 aliphatic carbocycles. The predicted molar refractivity (Wildman–Crippen MR) is 72.3 cm³/mol. The normalized spacial score (nSPS) is 30.7. The van der Waals surface area contributed by atoms with Crippen molar-refractivity contribution >= 4 is 11.7 Å². The maximum Gasteiger partial charge on any atom is 0.340 e. The Morgan fingerprint density at radius 3 is 2.30 bits per heavy atom. The molecule has 0 radical (unpaired) electrons. The molecule has 0 bridgehead atoms. The minimum Gasteiger partial charge on any atom is -0.429 e. The third-order valence-corrected chi connectivity index (χ3v) is 3.39. The Bertz CT molecular complexity index is 573. The second-order valence-corrected chi connectivity index (χ2v) is 4.91. The van der Waals surface area contributed by atoms with Crippen LogP contribution < -0.4 is 0 Å². The Kier molecular flexibility index (Phi) is 5.23. The fraction of sp³-hybridized carbons (Fsp3) is 0.462. The van der Waals surface area contributed by atoms with Gasteiger partial charge < -0.3 is 29.9 Å². The standard InChI is InChI=1S/C13H15NO9/c15-5-8-9(16)10(17)11(18)13(22-8)23-12(19)6-1-3-7(4-2-6)14(20)21/h1-4,8-11,13,15-18H,5H2/t8-,9-,10+,11+,13+/m1/s1. The van der Waals surface area contributed by atoms with Crippen LogP contribution in [0.5, 0.6) is 0 Å². The zero-order chi connectivity index (χ0) is 17.1. The topological polar surface area (TPSA) is 160 Å². The third-order valence-electron chi connectivity index (χ3n) is 3.39. The van der Waals surface area contributed by atoms with E-state index in [1.165, 1.54) is 0 Å². The first-order chi connectivity index (χ1) is 10.8. The molecule has 4 N–H and O–H groups in total. The number of esters is 1. The summed E-state index contributed by atoms with van der Waals surface area (Å²) in [5.41, 5.74) is -0.248. The quantitative estimate of drug-likeness (QED) is 0.294. The van der Waals surface area contributed by atoms with Crippen molar-refractivity contribution in [2.24, 2.45) is 0 Å². The Morgan fingerprint density at radius 2 is 1.78 bits per heavy atom. The van der Waals surface area contributed by atoms with Crippen LogP contribution in [0.25, 0.3) is 0 Å². The molecule has 1 aromatic carbocycles. The summed E-state index contributed by atoms with van der Waals surface area (Å²) in [5.74, 6) is -0.954. The lowest BCUT2D eigenvalue weighted by Crippen LogP contribution is -2.59. The van der Waals surface area contributed by atoms with Crippen LogP contribution in [0.1, 0.15) is 10.4 Å². The maximum absolute atomic E-state index is 11.9. The minimum atomic E-state index is -1.71. The molecule has 0 amide bonds. The molecule has 1 aliphatic rings. The molecule has 10 heteroatoms. The van der Waals surface area contributed by atoms with Crippen LogP contribution in [-0.2, 0) is 9.47 Å². The van der Waals surface area contributed by atoms with E-state index >= 15 is 0 Å². The first kappa shape index (κ1) is 17.2. The summed E-state index contributed by atoms with van der Waals surface area (Å²) >= 11 is 0. The average molecular weight is 329 g/mol. The van der Waals surface area contributed by atoms with Gasteiger partial charge >= 0.3 is 5.97 Å². The molecule has 1 aliphatic heterocycles. The molecular formula is C13H15NO9. The number of nitrogens with zero attached hydrogens (tertiary/aromatic N) is 1. The number of rotatable bonds is 4. The highest BCUT2D eigenvalue weighted by Gasteiger charge is 2.45. The first-order valence-corrected chi connectivity index (χ1v) is 6.61. The van der Waals surface area contributed by atoms with E-state index in [0.717, 1.165) is 24.3 Å². The number of nitro groups is 1. The zero-order valence-corrected chi connectivity index (χ0v) is 11.7. The van der Waals surface area contributed by atoms with Crippen LogP contribution in [0, 0.1) is 10.1 Å². The van der Waals surface area contributed by atoms with Gasteiger partial charge in [-0.15, -0.1) is 0 Å². The Hall–Kier alpha value is -2.11. The van der Waals surface area contributed by atoms with E-state index in [0.29, 0.717) is 0 Å². The number of hydrogen-bond acceptors (Lipinski definition) is 9. The van der Waals surface area contributed by atoms with E-state index in [4.69, 9.17) is 14.6 Å². The van der Waals surface area contributed by atoms with Crippen molar-refractivity contribution in [3.63, 3.8) is 0 Å². The number of hydrogen-bond donors (Lipinski definition) is 4. The van der Waals surface area contributed by atoms with E-state index in [1.54, 1.807) is 0 Å². The average Bonchev–Trinajstić information content (AvgIpc) is 2.55. The largest absolute Gasteiger partial charge is 0.429 e. The van der Waals surface area contributed by atoms with Gasteiger partial charge in [0, 0.05) is 12.1 Å². The van der Waals surface area contributed by atoms with Crippen molar-refractivity contribution in [2.75, 3.05) is 6.61 Å². The summed E-state index contributed by atoms with van der Waals surface area (Å²) in [5, 5.41) is 48.5. The first-order valence-electron chi connectivity index (χ1n) is 6.61. The van der Waals surface area contributed by atoms with Crippen molar-refractivity contribution < 1.29 is 39.6 Å². The van der Waals surface area contributed by atoms with E-state index in [1.807, 2.05) is 0 Å². The number of non-ortho nitro benzene ring substituents is 1. The highest BCUT2D eigenvalue weighted by molar-refractivity contribution is 5.89. The van der Waals surface area contributed by atoms with Crippen LogP contribution in [0.15, 0.2) is 24.3 Å².